The van der Waals surface area contributed by atoms with Crippen LogP contribution in [0.3, 0.4) is 0 Å². The summed E-state index contributed by atoms with van der Waals surface area (Å²) >= 11 is 6.24. The monoisotopic (exact) mass is 982 g/mol. The van der Waals surface area contributed by atoms with Crippen LogP contribution in [0.25, 0.3) is 0 Å². The fraction of sp³-hybridized carbons (Fsp3) is 0.600. The van der Waals surface area contributed by atoms with Gasteiger partial charge in [-0.25, -0.2) is 0 Å². The van der Waals surface area contributed by atoms with Gasteiger partial charge in [0.25, 0.3) is 5.91 Å². The zero-order valence-corrected chi connectivity index (χ0v) is 43.0. The molecule has 2 saturated heterocycles. The number of likely N-dealkylation sites (tertiary alicyclic amines) is 2. The van der Waals surface area contributed by atoms with Gasteiger partial charge in [0.15, 0.2) is 0 Å². The summed E-state index contributed by atoms with van der Waals surface area (Å²) in [5.41, 5.74) is 2.42. The number of halogens is 1. The number of carbonyl (C=O) groups excluding carboxylic acids is 3. The highest BCUT2D eigenvalue weighted by molar-refractivity contribution is 6.31. The van der Waals surface area contributed by atoms with Gasteiger partial charge in [0.05, 0.1) is 43.1 Å². The molecule has 2 aliphatic carbocycles. The number of carbonyl (C=O) groups is 3. The van der Waals surface area contributed by atoms with Gasteiger partial charge >= 0.3 is 0 Å². The number of nitrogens with zero attached hydrogens (tertiary/aromatic N) is 3. The van der Waals surface area contributed by atoms with E-state index in [0.717, 1.165) is 82.6 Å². The predicted octanol–water partition coefficient (Wildman–Crippen LogP) is 7.49. The van der Waals surface area contributed by atoms with Crippen LogP contribution >= 0.6 is 11.6 Å². The lowest BCUT2D eigenvalue weighted by Gasteiger charge is -2.63. The highest BCUT2D eigenvalue weighted by atomic mass is 35.5. The van der Waals surface area contributed by atoms with Crippen molar-refractivity contribution in [2.75, 3.05) is 78.1 Å². The van der Waals surface area contributed by atoms with E-state index in [2.05, 4.69) is 77.0 Å². The van der Waals surface area contributed by atoms with E-state index in [-0.39, 0.29) is 58.7 Å². The van der Waals surface area contributed by atoms with Gasteiger partial charge in [0.2, 0.25) is 11.8 Å². The van der Waals surface area contributed by atoms with Crippen LogP contribution in [0.15, 0.2) is 66.7 Å². The molecule has 1 unspecified atom stereocenters. The number of likely N-dealkylation sites (N-methyl/N-ethyl adjacent to an activating group) is 1. The molecule has 4 aliphatic rings. The molecule has 4 atom stereocenters. The summed E-state index contributed by atoms with van der Waals surface area (Å²) in [4.78, 5) is 45.2. The molecule has 2 saturated carbocycles. The van der Waals surface area contributed by atoms with E-state index in [0.29, 0.717) is 67.4 Å². The number of hydrogen-bond donors (Lipinski definition) is 4. The summed E-state index contributed by atoms with van der Waals surface area (Å²) in [5.74, 6) is 2.03. The van der Waals surface area contributed by atoms with Crippen molar-refractivity contribution in [3.05, 3.63) is 88.4 Å². The van der Waals surface area contributed by atoms with Crippen LogP contribution in [0, 0.1) is 34.0 Å². The summed E-state index contributed by atoms with van der Waals surface area (Å²) in [5, 5.41) is 22.4. The number of rotatable bonds is 23. The van der Waals surface area contributed by atoms with E-state index in [1.807, 2.05) is 43.3 Å². The van der Waals surface area contributed by atoms with Gasteiger partial charge in [-0.3, -0.25) is 14.4 Å². The summed E-state index contributed by atoms with van der Waals surface area (Å²) in [7, 11) is 1.78. The molecule has 0 bridgehead atoms. The largest absolute Gasteiger partial charge is 0.491 e. The lowest BCUT2D eigenvalue weighted by atomic mass is 9.49. The molecule has 3 aromatic carbocycles. The first kappa shape index (κ1) is 52.9. The van der Waals surface area contributed by atoms with E-state index in [4.69, 9.17) is 30.5 Å². The number of fused-ring (bicyclic) bond motifs is 1. The molecule has 15 heteroatoms. The molecular weight excluding hydrogens is 906 g/mol. The normalized spacial score (nSPS) is 22.7. The van der Waals surface area contributed by atoms with Crippen LogP contribution in [0.4, 0.5) is 5.69 Å². The quantitative estimate of drug-likeness (QED) is 0.0696. The van der Waals surface area contributed by atoms with Gasteiger partial charge < -0.3 is 50.0 Å². The fourth-order valence-corrected chi connectivity index (χ4v) is 11.7. The Morgan fingerprint density at radius 3 is 2.20 bits per heavy atom. The Hall–Kier alpha value is -4.91. The Bertz CT molecular complexity index is 2230. The van der Waals surface area contributed by atoms with Crippen LogP contribution in [-0.2, 0) is 25.5 Å². The molecule has 4 fully saturated rings. The van der Waals surface area contributed by atoms with Crippen LogP contribution < -0.4 is 30.7 Å². The maximum Gasteiger partial charge on any atom is 0.251 e. The summed E-state index contributed by atoms with van der Waals surface area (Å²) in [6, 6.07) is 22.2. The minimum Gasteiger partial charge on any atom is -0.491 e. The highest BCUT2D eigenvalue weighted by Crippen LogP contribution is 2.55. The first-order chi connectivity index (χ1) is 33.7. The summed E-state index contributed by atoms with van der Waals surface area (Å²) in [6.07, 6.45) is 8.33. The van der Waals surface area contributed by atoms with Crippen LogP contribution in [-0.4, -0.2) is 131 Å². The second kappa shape index (κ2) is 24.5. The Kier molecular flexibility index (Phi) is 18.5. The molecular formula is C55H76ClN7O7. The number of piperidine rings is 1. The molecule has 7 rings (SSSR count). The predicted molar refractivity (Wildman–Crippen MR) is 273 cm³/mol. The van der Waals surface area contributed by atoms with Gasteiger partial charge in [-0.15, -0.1) is 0 Å². The number of benzene rings is 3. The second-order valence-electron chi connectivity index (χ2n) is 20.9. The molecule has 2 aliphatic heterocycles. The van der Waals surface area contributed by atoms with Crippen molar-refractivity contribution in [2.24, 2.45) is 22.7 Å². The number of anilines is 1. The molecule has 70 heavy (non-hydrogen) atoms. The molecule has 0 radical (unpaired) electrons. The Morgan fingerprint density at radius 2 is 1.51 bits per heavy atom. The average molecular weight is 983 g/mol. The number of amides is 3. The smallest absolute Gasteiger partial charge is 0.251 e. The van der Waals surface area contributed by atoms with E-state index in [1.165, 1.54) is 12.0 Å². The van der Waals surface area contributed by atoms with E-state index in [1.54, 1.807) is 25.2 Å². The SMILES string of the molecule is CN[C@@H](C)C(=O)NC(C(=O)N1CC[C@@H]2CCN(CCc3ccc(OCCOCCOCCNc4ccc(C(=O)NC5C(C)(C)C(Oc6ccc(C#N)c(Cl)c6)C5(C)C)cc4)cc3)C[C@@H]21)C1CCCCC1. The minimum absolute atomic E-state index is 0.0953. The maximum absolute atomic E-state index is 14.2. The molecule has 4 N–H and O–H groups in total. The van der Waals surface area contributed by atoms with Crippen molar-refractivity contribution in [1.29, 1.82) is 5.26 Å². The van der Waals surface area contributed by atoms with Crippen molar-refractivity contribution in [3.63, 3.8) is 0 Å². The number of hydrogen-bond acceptors (Lipinski definition) is 11. The van der Waals surface area contributed by atoms with Gasteiger partial charge in [0.1, 0.15) is 36.3 Å². The Labute approximate surface area is 420 Å². The first-order valence-corrected chi connectivity index (χ1v) is 26.0. The molecule has 380 valence electrons. The van der Waals surface area contributed by atoms with Crippen LogP contribution in [0.5, 0.6) is 11.5 Å². The van der Waals surface area contributed by atoms with Crippen molar-refractivity contribution < 1.29 is 33.3 Å². The lowest BCUT2D eigenvalue weighted by Crippen LogP contribution is -2.74. The molecule has 0 aromatic heterocycles. The van der Waals surface area contributed by atoms with Crippen LogP contribution in [0.2, 0.25) is 5.02 Å². The van der Waals surface area contributed by atoms with Gasteiger partial charge in [-0.1, -0.05) is 70.7 Å². The standard InChI is InChI=1S/C55H76ClN7O7/c1-37(58-6)49(64)60-48(40-10-8-7-9-11-40)51(66)63-28-24-39-23-27-62(36-47(39)63)26-22-38-12-19-44(20-13-38)69-33-32-68-31-30-67-29-25-59-43-17-14-41(15-18-43)50(65)61-52-54(2,3)53(55(52,4)5)70-45-21-16-42(35-57)46(56)34-45/h12-21,34,37,39-40,47-48,52-53,58-59H,7-11,22-33,36H2,1-6H3,(H,60,64)(H,61,65)/t37-,39-,47-,48?,52?,53?/m0/s1. The van der Waals surface area contributed by atoms with Crippen LogP contribution in [0.1, 0.15) is 101 Å². The topological polar surface area (TPSA) is 167 Å². The van der Waals surface area contributed by atoms with Crippen molar-refractivity contribution in [3.8, 4) is 17.6 Å². The van der Waals surface area contributed by atoms with E-state index >= 15 is 0 Å². The van der Waals surface area contributed by atoms with Crippen molar-refractivity contribution in [1.82, 2.24) is 25.8 Å². The molecule has 3 aromatic rings. The van der Waals surface area contributed by atoms with Gasteiger partial charge in [0, 0.05) is 66.4 Å². The zero-order chi connectivity index (χ0) is 49.8. The molecule has 2 heterocycles. The van der Waals surface area contributed by atoms with E-state index < -0.39 is 6.04 Å². The minimum atomic E-state index is -0.441. The molecule has 14 nitrogen and oxygen atoms in total. The van der Waals surface area contributed by atoms with Gasteiger partial charge in [-0.2, -0.15) is 5.26 Å². The summed E-state index contributed by atoms with van der Waals surface area (Å²) in [6.45, 7) is 16.8. The molecule has 0 spiro atoms. The zero-order valence-electron chi connectivity index (χ0n) is 42.2. The maximum atomic E-state index is 14.2. The highest BCUT2D eigenvalue weighted by Gasteiger charge is 2.64. The van der Waals surface area contributed by atoms with Gasteiger partial charge in [-0.05, 0) is 119 Å². The Morgan fingerprint density at radius 1 is 0.843 bits per heavy atom. The number of nitrogens with one attached hydrogen (secondary N) is 4. The average Bonchev–Trinajstić information content (AvgIpc) is 3.80. The first-order valence-electron chi connectivity index (χ1n) is 25.6. The number of nitriles is 1. The van der Waals surface area contributed by atoms with Crippen molar-refractivity contribution in [2.45, 2.75) is 116 Å². The second-order valence-corrected chi connectivity index (χ2v) is 21.3. The Balaban J connectivity index is 0.735. The molecule has 3 amide bonds. The third kappa shape index (κ3) is 13.1. The third-order valence-corrected chi connectivity index (χ3v) is 15.7. The third-order valence-electron chi connectivity index (χ3n) is 15.4. The van der Waals surface area contributed by atoms with Crippen molar-refractivity contribution >= 4 is 35.0 Å². The fourth-order valence-electron chi connectivity index (χ4n) is 11.5. The number of ether oxygens (including phenoxy) is 4. The van der Waals surface area contributed by atoms with E-state index in [9.17, 15) is 19.6 Å². The summed E-state index contributed by atoms with van der Waals surface area (Å²) < 4.78 is 23.8. The lowest BCUT2D eigenvalue weighted by molar-refractivity contribution is -0.164.